The number of anilines is 3. The molecule has 0 aliphatic carbocycles. The Morgan fingerprint density at radius 2 is 0.805 bits per heavy atom. The Balaban J connectivity index is 1.43. The lowest BCUT2D eigenvalue weighted by molar-refractivity contribution is 0.544. The molecule has 1 heterocycles. The van der Waals surface area contributed by atoms with Crippen LogP contribution in [0.25, 0.3) is 33.4 Å². The highest BCUT2D eigenvalue weighted by molar-refractivity contribution is 5.89. The fourth-order valence-corrected chi connectivity index (χ4v) is 6.33. The summed E-state index contributed by atoms with van der Waals surface area (Å²) in [6.45, 7) is 4.74. The normalized spacial score (nSPS) is 13.4. The van der Waals surface area contributed by atoms with Gasteiger partial charge in [0.2, 0.25) is 0 Å². The Labute approximate surface area is 243 Å². The van der Waals surface area contributed by atoms with Gasteiger partial charge in [-0.05, 0) is 87.3 Å². The van der Waals surface area contributed by atoms with Gasteiger partial charge in [0, 0.05) is 11.1 Å². The van der Waals surface area contributed by atoms with Crippen LogP contribution in [0.4, 0.5) is 17.1 Å². The number of hydrogen-bond donors (Lipinski definition) is 0. The summed E-state index contributed by atoms with van der Waals surface area (Å²) in [5.74, 6) is 0. The summed E-state index contributed by atoms with van der Waals surface area (Å²) in [6, 6.07) is 55.1. The molecule has 0 fully saturated rings. The number of rotatable bonds is 5. The van der Waals surface area contributed by atoms with Gasteiger partial charge in [-0.25, -0.2) is 0 Å². The molecule has 0 radical (unpaired) electrons. The van der Waals surface area contributed by atoms with Crippen molar-refractivity contribution in [3.63, 3.8) is 0 Å². The van der Waals surface area contributed by atoms with E-state index in [1.807, 2.05) is 0 Å². The molecular formula is C40H33N. The van der Waals surface area contributed by atoms with Crippen LogP contribution in [0.15, 0.2) is 152 Å². The first-order chi connectivity index (χ1) is 20.2. The zero-order valence-corrected chi connectivity index (χ0v) is 23.6. The van der Waals surface area contributed by atoms with Crippen LogP contribution in [0.5, 0.6) is 0 Å². The van der Waals surface area contributed by atoms with E-state index in [9.17, 15) is 0 Å². The summed E-state index contributed by atoms with van der Waals surface area (Å²) in [4.78, 5) is 2.46. The first kappa shape index (κ1) is 25.1. The van der Waals surface area contributed by atoms with Crippen LogP contribution < -0.4 is 4.90 Å². The number of benzene rings is 6. The monoisotopic (exact) mass is 527 g/mol. The van der Waals surface area contributed by atoms with Gasteiger partial charge in [-0.2, -0.15) is 0 Å². The SMILES string of the molecule is CCC1(C)c2cc(-c3ccccc3)ccc2N(c2ccc(-c3ccccc3)cc2)c2ccc(-c3ccccc3)cc21. The average molecular weight is 528 g/mol. The van der Waals surface area contributed by atoms with E-state index in [0.29, 0.717) is 0 Å². The summed E-state index contributed by atoms with van der Waals surface area (Å²) in [5.41, 5.74) is 13.7. The van der Waals surface area contributed by atoms with Gasteiger partial charge in [0.1, 0.15) is 0 Å². The lowest BCUT2D eigenvalue weighted by Crippen LogP contribution is -2.32. The number of fused-ring (bicyclic) bond motifs is 2. The Bertz CT molecular complexity index is 1710. The third kappa shape index (κ3) is 4.35. The van der Waals surface area contributed by atoms with Gasteiger partial charge < -0.3 is 4.90 Å². The largest absolute Gasteiger partial charge is 0.310 e. The average Bonchev–Trinajstić information content (AvgIpc) is 3.06. The lowest BCUT2D eigenvalue weighted by Gasteiger charge is -2.44. The van der Waals surface area contributed by atoms with E-state index in [1.54, 1.807) is 0 Å². The standard InChI is InChI=1S/C40H33N/c1-3-40(2)36-27-33(30-15-9-5-10-16-30)21-25-38(36)41(35-23-19-32(20-24-35)29-13-7-4-8-14-29)39-26-22-34(28-37(39)40)31-17-11-6-12-18-31/h4-28H,3H2,1-2H3. The van der Waals surface area contributed by atoms with Gasteiger partial charge in [0.05, 0.1) is 11.4 Å². The van der Waals surface area contributed by atoms with Gasteiger partial charge in [-0.1, -0.05) is 129 Å². The lowest BCUT2D eigenvalue weighted by atomic mass is 9.69. The highest BCUT2D eigenvalue weighted by atomic mass is 15.2. The Hall–Kier alpha value is -4.88. The topological polar surface area (TPSA) is 3.24 Å². The fourth-order valence-electron chi connectivity index (χ4n) is 6.33. The predicted octanol–water partition coefficient (Wildman–Crippen LogP) is 11.2. The van der Waals surface area contributed by atoms with E-state index in [2.05, 4.69) is 170 Å². The molecule has 0 saturated carbocycles. The van der Waals surface area contributed by atoms with Crippen molar-refractivity contribution in [3.05, 3.63) is 163 Å². The molecule has 1 aliphatic heterocycles. The van der Waals surface area contributed by atoms with Crippen LogP contribution in [0.3, 0.4) is 0 Å². The Morgan fingerprint density at radius 3 is 1.22 bits per heavy atom. The van der Waals surface area contributed by atoms with E-state index >= 15 is 0 Å². The van der Waals surface area contributed by atoms with Crippen molar-refractivity contribution in [1.29, 1.82) is 0 Å². The van der Waals surface area contributed by atoms with E-state index in [1.165, 1.54) is 61.6 Å². The second kappa shape index (κ2) is 10.3. The molecule has 0 atom stereocenters. The minimum Gasteiger partial charge on any atom is -0.310 e. The smallest absolute Gasteiger partial charge is 0.0503 e. The minimum atomic E-state index is -0.138. The molecule has 0 spiro atoms. The maximum Gasteiger partial charge on any atom is 0.0503 e. The first-order valence-electron chi connectivity index (χ1n) is 14.5. The second-order valence-electron chi connectivity index (χ2n) is 11.1. The van der Waals surface area contributed by atoms with Crippen molar-refractivity contribution in [3.8, 4) is 33.4 Å². The molecule has 1 heteroatoms. The Kier molecular flexibility index (Phi) is 6.29. The molecule has 41 heavy (non-hydrogen) atoms. The van der Waals surface area contributed by atoms with Gasteiger partial charge in [-0.15, -0.1) is 0 Å². The quantitative estimate of drug-likeness (QED) is 0.215. The van der Waals surface area contributed by atoms with Crippen LogP contribution in [0.1, 0.15) is 31.4 Å². The van der Waals surface area contributed by atoms with Crippen LogP contribution in [-0.4, -0.2) is 0 Å². The van der Waals surface area contributed by atoms with Crippen molar-refractivity contribution < 1.29 is 0 Å². The molecule has 1 aliphatic rings. The van der Waals surface area contributed by atoms with Crippen molar-refractivity contribution in [2.45, 2.75) is 25.7 Å². The van der Waals surface area contributed by atoms with Gasteiger partial charge in [0.15, 0.2) is 0 Å². The van der Waals surface area contributed by atoms with Crippen LogP contribution in [-0.2, 0) is 5.41 Å². The Morgan fingerprint density at radius 1 is 0.439 bits per heavy atom. The van der Waals surface area contributed by atoms with Gasteiger partial charge in [-0.3, -0.25) is 0 Å². The second-order valence-corrected chi connectivity index (χ2v) is 11.1. The summed E-state index contributed by atoms with van der Waals surface area (Å²) < 4.78 is 0. The summed E-state index contributed by atoms with van der Waals surface area (Å²) >= 11 is 0. The van der Waals surface area contributed by atoms with Crippen molar-refractivity contribution in [2.24, 2.45) is 0 Å². The van der Waals surface area contributed by atoms with E-state index in [-0.39, 0.29) is 5.41 Å². The molecule has 0 aromatic heterocycles. The zero-order chi connectivity index (χ0) is 27.8. The third-order valence-corrected chi connectivity index (χ3v) is 8.82. The van der Waals surface area contributed by atoms with E-state index < -0.39 is 0 Å². The molecule has 0 amide bonds. The van der Waals surface area contributed by atoms with Crippen LogP contribution >= 0.6 is 0 Å². The van der Waals surface area contributed by atoms with E-state index in [4.69, 9.17) is 0 Å². The van der Waals surface area contributed by atoms with Crippen molar-refractivity contribution in [1.82, 2.24) is 0 Å². The number of hydrogen-bond acceptors (Lipinski definition) is 1. The summed E-state index contributed by atoms with van der Waals surface area (Å²) in [7, 11) is 0. The third-order valence-electron chi connectivity index (χ3n) is 8.82. The molecule has 1 nitrogen and oxygen atoms in total. The highest BCUT2D eigenvalue weighted by Gasteiger charge is 2.39. The van der Waals surface area contributed by atoms with Crippen molar-refractivity contribution >= 4 is 17.1 Å². The molecule has 7 rings (SSSR count). The molecule has 6 aromatic rings. The van der Waals surface area contributed by atoms with Gasteiger partial charge >= 0.3 is 0 Å². The molecule has 198 valence electrons. The van der Waals surface area contributed by atoms with Crippen molar-refractivity contribution in [2.75, 3.05) is 4.90 Å². The zero-order valence-electron chi connectivity index (χ0n) is 23.6. The molecule has 0 saturated heterocycles. The molecule has 0 bridgehead atoms. The highest BCUT2D eigenvalue weighted by Crippen LogP contribution is 2.54. The molecular weight excluding hydrogens is 494 g/mol. The fraction of sp³-hybridized carbons (Fsp3) is 0.100. The van der Waals surface area contributed by atoms with Gasteiger partial charge in [0.25, 0.3) is 0 Å². The molecule has 6 aromatic carbocycles. The van der Waals surface area contributed by atoms with E-state index in [0.717, 1.165) is 6.42 Å². The predicted molar refractivity (Wildman–Crippen MR) is 174 cm³/mol. The molecule has 0 N–H and O–H groups in total. The number of nitrogens with zero attached hydrogens (tertiary/aromatic N) is 1. The maximum absolute atomic E-state index is 2.46. The first-order valence-corrected chi connectivity index (χ1v) is 14.5. The maximum atomic E-state index is 2.46. The molecule has 0 unspecified atom stereocenters. The summed E-state index contributed by atoms with van der Waals surface area (Å²) in [6.07, 6.45) is 1.00. The van der Waals surface area contributed by atoms with Crippen LogP contribution in [0.2, 0.25) is 0 Å². The minimum absolute atomic E-state index is 0.138. The van der Waals surface area contributed by atoms with Crippen LogP contribution in [0, 0.1) is 0 Å². The summed E-state index contributed by atoms with van der Waals surface area (Å²) in [5, 5.41) is 0.